The van der Waals surface area contributed by atoms with Crippen LogP contribution in [0, 0.1) is 0 Å². The molecule has 0 bridgehead atoms. The van der Waals surface area contributed by atoms with Gasteiger partial charge in [-0.25, -0.2) is 0 Å². The standard InChI is InChI=1S/C13H19NO4/c1-3-13(2,6-7-15)14-12(18)9-4-5-10(16)11(17)8-9/h4-5,8,15-17H,3,6-7H2,1-2H3,(H,14,18). The number of nitrogens with one attached hydrogen (secondary N) is 1. The Morgan fingerprint density at radius 1 is 1.33 bits per heavy atom. The van der Waals surface area contributed by atoms with Crippen molar-refractivity contribution in [3.05, 3.63) is 23.8 Å². The minimum atomic E-state index is -0.487. The van der Waals surface area contributed by atoms with Crippen LogP contribution in [0.2, 0.25) is 0 Å². The lowest BCUT2D eigenvalue weighted by Gasteiger charge is -2.29. The third kappa shape index (κ3) is 3.37. The first-order chi connectivity index (χ1) is 8.41. The zero-order valence-electron chi connectivity index (χ0n) is 10.6. The van der Waals surface area contributed by atoms with Gasteiger partial charge < -0.3 is 20.6 Å². The molecular formula is C13H19NO4. The first-order valence-electron chi connectivity index (χ1n) is 5.87. The Labute approximate surface area is 106 Å². The van der Waals surface area contributed by atoms with Crippen molar-refractivity contribution in [1.29, 1.82) is 0 Å². The lowest BCUT2D eigenvalue weighted by Crippen LogP contribution is -2.46. The normalized spacial score (nSPS) is 13.9. The summed E-state index contributed by atoms with van der Waals surface area (Å²) in [5.41, 5.74) is -0.220. The molecule has 4 N–H and O–H groups in total. The van der Waals surface area contributed by atoms with Gasteiger partial charge in [0.15, 0.2) is 11.5 Å². The number of carbonyl (C=O) groups is 1. The van der Waals surface area contributed by atoms with Crippen LogP contribution in [0.3, 0.4) is 0 Å². The maximum absolute atomic E-state index is 12.0. The molecule has 5 nitrogen and oxygen atoms in total. The highest BCUT2D eigenvalue weighted by molar-refractivity contribution is 5.95. The van der Waals surface area contributed by atoms with E-state index < -0.39 is 5.54 Å². The molecule has 0 saturated heterocycles. The van der Waals surface area contributed by atoms with E-state index in [4.69, 9.17) is 5.11 Å². The van der Waals surface area contributed by atoms with Crippen LogP contribution < -0.4 is 5.32 Å². The van der Waals surface area contributed by atoms with E-state index in [0.29, 0.717) is 12.8 Å². The molecule has 0 spiro atoms. The van der Waals surface area contributed by atoms with Crippen LogP contribution in [0.1, 0.15) is 37.0 Å². The molecular weight excluding hydrogens is 234 g/mol. The molecule has 1 atom stereocenters. The smallest absolute Gasteiger partial charge is 0.251 e. The number of aliphatic hydroxyl groups excluding tert-OH is 1. The number of hydrogen-bond donors (Lipinski definition) is 4. The van der Waals surface area contributed by atoms with Gasteiger partial charge in [0, 0.05) is 17.7 Å². The summed E-state index contributed by atoms with van der Waals surface area (Å²) < 4.78 is 0. The predicted octanol–water partition coefficient (Wildman–Crippen LogP) is 1.38. The van der Waals surface area contributed by atoms with Crippen molar-refractivity contribution in [2.75, 3.05) is 6.61 Å². The van der Waals surface area contributed by atoms with Gasteiger partial charge >= 0.3 is 0 Å². The van der Waals surface area contributed by atoms with Crippen molar-refractivity contribution in [2.24, 2.45) is 0 Å². The van der Waals surface area contributed by atoms with Crippen molar-refractivity contribution >= 4 is 5.91 Å². The van der Waals surface area contributed by atoms with Crippen LogP contribution in [-0.2, 0) is 0 Å². The summed E-state index contributed by atoms with van der Waals surface area (Å²) in [6, 6.07) is 3.90. The molecule has 0 aliphatic rings. The van der Waals surface area contributed by atoms with Gasteiger partial charge in [0.2, 0.25) is 0 Å². The largest absolute Gasteiger partial charge is 0.504 e. The summed E-state index contributed by atoms with van der Waals surface area (Å²) in [5, 5.41) is 30.3. The summed E-state index contributed by atoms with van der Waals surface area (Å²) in [5.74, 6) is -0.939. The molecule has 0 aromatic heterocycles. The number of phenolic OH excluding ortho intramolecular Hbond substituents is 2. The topological polar surface area (TPSA) is 89.8 Å². The van der Waals surface area contributed by atoms with E-state index in [-0.39, 0.29) is 29.6 Å². The molecule has 0 saturated carbocycles. The van der Waals surface area contributed by atoms with Crippen LogP contribution in [0.25, 0.3) is 0 Å². The highest BCUT2D eigenvalue weighted by Gasteiger charge is 2.24. The number of hydrogen-bond acceptors (Lipinski definition) is 4. The number of phenols is 2. The number of aliphatic hydroxyl groups is 1. The van der Waals surface area contributed by atoms with E-state index >= 15 is 0 Å². The number of rotatable bonds is 5. The van der Waals surface area contributed by atoms with E-state index in [2.05, 4.69) is 5.32 Å². The quantitative estimate of drug-likeness (QED) is 0.597. The molecule has 5 heteroatoms. The molecule has 1 aromatic rings. The fraction of sp³-hybridized carbons (Fsp3) is 0.462. The molecule has 1 unspecified atom stereocenters. The molecule has 0 aliphatic carbocycles. The first kappa shape index (κ1) is 14.3. The Bertz CT molecular complexity index is 433. The van der Waals surface area contributed by atoms with Gasteiger partial charge in [0.05, 0.1) is 0 Å². The van der Waals surface area contributed by atoms with Crippen LogP contribution in [0.4, 0.5) is 0 Å². The molecule has 0 aliphatic heterocycles. The molecule has 1 amide bonds. The molecule has 100 valence electrons. The first-order valence-corrected chi connectivity index (χ1v) is 5.87. The summed E-state index contributed by atoms with van der Waals surface area (Å²) >= 11 is 0. The molecule has 0 heterocycles. The number of amides is 1. The number of benzene rings is 1. The van der Waals surface area contributed by atoms with Gasteiger partial charge in [-0.2, -0.15) is 0 Å². The minimum absolute atomic E-state index is 0.00848. The van der Waals surface area contributed by atoms with E-state index in [1.807, 2.05) is 13.8 Å². The fourth-order valence-corrected chi connectivity index (χ4v) is 1.59. The van der Waals surface area contributed by atoms with Crippen molar-refractivity contribution in [3.8, 4) is 11.5 Å². The highest BCUT2D eigenvalue weighted by atomic mass is 16.3. The van der Waals surface area contributed by atoms with Gasteiger partial charge in [-0.1, -0.05) is 6.92 Å². The van der Waals surface area contributed by atoms with Crippen LogP contribution in [0.5, 0.6) is 11.5 Å². The second-order valence-corrected chi connectivity index (χ2v) is 4.55. The third-order valence-corrected chi connectivity index (χ3v) is 3.10. The van der Waals surface area contributed by atoms with E-state index in [9.17, 15) is 15.0 Å². The Hall–Kier alpha value is -1.75. The number of carbonyl (C=O) groups excluding carboxylic acids is 1. The van der Waals surface area contributed by atoms with Gasteiger partial charge in [0.25, 0.3) is 5.91 Å². The van der Waals surface area contributed by atoms with Crippen LogP contribution in [-0.4, -0.2) is 33.4 Å². The van der Waals surface area contributed by atoms with E-state index in [1.54, 1.807) is 0 Å². The molecule has 1 aromatic carbocycles. The van der Waals surface area contributed by atoms with Crippen LogP contribution >= 0.6 is 0 Å². The van der Waals surface area contributed by atoms with E-state index in [1.165, 1.54) is 18.2 Å². The lowest BCUT2D eigenvalue weighted by atomic mass is 9.94. The zero-order valence-corrected chi connectivity index (χ0v) is 10.6. The SMILES string of the molecule is CCC(C)(CCO)NC(=O)c1ccc(O)c(O)c1. The maximum atomic E-state index is 12.0. The van der Waals surface area contributed by atoms with Crippen molar-refractivity contribution in [1.82, 2.24) is 5.32 Å². The maximum Gasteiger partial charge on any atom is 0.251 e. The second kappa shape index (κ2) is 5.73. The van der Waals surface area contributed by atoms with Crippen LogP contribution in [0.15, 0.2) is 18.2 Å². The zero-order chi connectivity index (χ0) is 13.8. The molecule has 18 heavy (non-hydrogen) atoms. The minimum Gasteiger partial charge on any atom is -0.504 e. The number of aromatic hydroxyl groups is 2. The Morgan fingerprint density at radius 3 is 2.50 bits per heavy atom. The Kier molecular flexibility index (Phi) is 4.55. The average Bonchev–Trinajstić information content (AvgIpc) is 2.32. The molecule has 0 radical (unpaired) electrons. The van der Waals surface area contributed by atoms with Gasteiger partial charge in [-0.3, -0.25) is 4.79 Å². The monoisotopic (exact) mass is 253 g/mol. The lowest BCUT2D eigenvalue weighted by molar-refractivity contribution is 0.0885. The summed E-state index contributed by atoms with van der Waals surface area (Å²) in [6.07, 6.45) is 1.14. The van der Waals surface area contributed by atoms with Crippen molar-refractivity contribution in [2.45, 2.75) is 32.2 Å². The Morgan fingerprint density at radius 2 is 2.00 bits per heavy atom. The second-order valence-electron chi connectivity index (χ2n) is 4.55. The fourth-order valence-electron chi connectivity index (χ4n) is 1.59. The third-order valence-electron chi connectivity index (χ3n) is 3.10. The van der Waals surface area contributed by atoms with Gasteiger partial charge in [-0.15, -0.1) is 0 Å². The summed E-state index contributed by atoms with van der Waals surface area (Å²) in [6.45, 7) is 3.76. The molecule has 0 fully saturated rings. The highest BCUT2D eigenvalue weighted by Crippen LogP contribution is 2.25. The summed E-state index contributed by atoms with van der Waals surface area (Å²) in [7, 11) is 0. The average molecular weight is 253 g/mol. The molecule has 1 rings (SSSR count). The van der Waals surface area contributed by atoms with Gasteiger partial charge in [0.1, 0.15) is 0 Å². The van der Waals surface area contributed by atoms with Crippen molar-refractivity contribution < 1.29 is 20.1 Å². The van der Waals surface area contributed by atoms with E-state index in [0.717, 1.165) is 0 Å². The van der Waals surface area contributed by atoms with Gasteiger partial charge in [-0.05, 0) is 38.0 Å². The van der Waals surface area contributed by atoms with Crippen molar-refractivity contribution in [3.63, 3.8) is 0 Å². The summed E-state index contributed by atoms with van der Waals surface area (Å²) in [4.78, 5) is 12.0. The predicted molar refractivity (Wildman–Crippen MR) is 67.6 cm³/mol. The Balaban J connectivity index is 2.84.